The molecule has 3 heteroatoms. The average molecular weight is 289 g/mol. The Labute approximate surface area is 125 Å². The van der Waals surface area contributed by atoms with Crippen LogP contribution in [0, 0.1) is 6.92 Å². The molecule has 2 rings (SSSR count). The van der Waals surface area contributed by atoms with Gasteiger partial charge in [-0.05, 0) is 56.2 Å². The smallest absolute Gasteiger partial charge is 0.124 e. The molecule has 0 fully saturated rings. The summed E-state index contributed by atoms with van der Waals surface area (Å²) in [5.41, 5.74) is 3.81. The monoisotopic (exact) mass is 289 g/mol. The zero-order valence-electron chi connectivity index (χ0n) is 12.7. The Bertz CT molecular complexity index is 541. The SMILES string of the molecule is Cc1ccc(OCc2ccsc2)c(CNC(C)(C)C)c1. The number of thiophene rings is 1. The molecule has 0 aliphatic carbocycles. The number of aryl methyl sites for hydroxylation is 1. The molecule has 0 saturated carbocycles. The van der Waals surface area contributed by atoms with Crippen molar-refractivity contribution in [1.29, 1.82) is 0 Å². The van der Waals surface area contributed by atoms with E-state index in [0.29, 0.717) is 6.61 Å². The van der Waals surface area contributed by atoms with Gasteiger partial charge in [-0.15, -0.1) is 0 Å². The van der Waals surface area contributed by atoms with Crippen LogP contribution in [0.1, 0.15) is 37.5 Å². The molecular weight excluding hydrogens is 266 g/mol. The molecule has 1 heterocycles. The summed E-state index contributed by atoms with van der Waals surface area (Å²) in [7, 11) is 0. The maximum Gasteiger partial charge on any atom is 0.124 e. The summed E-state index contributed by atoms with van der Waals surface area (Å²) in [4.78, 5) is 0. The van der Waals surface area contributed by atoms with E-state index in [1.807, 2.05) is 0 Å². The number of hydrogen-bond donors (Lipinski definition) is 1. The highest BCUT2D eigenvalue weighted by molar-refractivity contribution is 7.07. The molecule has 0 amide bonds. The fourth-order valence-electron chi connectivity index (χ4n) is 1.88. The molecule has 0 atom stereocenters. The van der Waals surface area contributed by atoms with Crippen LogP contribution in [-0.2, 0) is 13.2 Å². The van der Waals surface area contributed by atoms with Crippen LogP contribution in [0.3, 0.4) is 0 Å². The average Bonchev–Trinajstić information content (AvgIpc) is 2.87. The van der Waals surface area contributed by atoms with E-state index in [9.17, 15) is 0 Å². The summed E-state index contributed by atoms with van der Waals surface area (Å²) in [6, 6.07) is 8.47. The normalized spacial score (nSPS) is 11.6. The molecule has 0 bridgehead atoms. The Morgan fingerprint density at radius 3 is 2.65 bits per heavy atom. The third-order valence-electron chi connectivity index (χ3n) is 3.00. The van der Waals surface area contributed by atoms with E-state index in [2.05, 4.69) is 68.0 Å². The molecule has 2 aromatic rings. The summed E-state index contributed by atoms with van der Waals surface area (Å²) in [6.07, 6.45) is 0. The van der Waals surface area contributed by atoms with Gasteiger partial charge >= 0.3 is 0 Å². The van der Waals surface area contributed by atoms with Crippen LogP contribution in [0.25, 0.3) is 0 Å². The Morgan fingerprint density at radius 1 is 1.20 bits per heavy atom. The van der Waals surface area contributed by atoms with E-state index in [1.54, 1.807) is 11.3 Å². The highest BCUT2D eigenvalue weighted by Crippen LogP contribution is 2.22. The molecule has 1 aromatic carbocycles. The third kappa shape index (κ3) is 4.66. The number of rotatable bonds is 5. The number of nitrogens with one attached hydrogen (secondary N) is 1. The van der Waals surface area contributed by atoms with Gasteiger partial charge in [-0.2, -0.15) is 11.3 Å². The maximum atomic E-state index is 5.97. The van der Waals surface area contributed by atoms with Crippen molar-refractivity contribution in [2.75, 3.05) is 0 Å². The number of benzene rings is 1. The lowest BCUT2D eigenvalue weighted by atomic mass is 10.1. The minimum absolute atomic E-state index is 0.106. The van der Waals surface area contributed by atoms with Gasteiger partial charge in [0.2, 0.25) is 0 Å². The van der Waals surface area contributed by atoms with Gasteiger partial charge in [-0.3, -0.25) is 0 Å². The second kappa shape index (κ2) is 6.42. The minimum Gasteiger partial charge on any atom is -0.489 e. The van der Waals surface area contributed by atoms with Crippen molar-refractivity contribution in [3.63, 3.8) is 0 Å². The van der Waals surface area contributed by atoms with Gasteiger partial charge in [0, 0.05) is 17.6 Å². The zero-order valence-corrected chi connectivity index (χ0v) is 13.5. The van der Waals surface area contributed by atoms with E-state index in [-0.39, 0.29) is 5.54 Å². The van der Waals surface area contributed by atoms with Gasteiger partial charge in [-0.1, -0.05) is 17.7 Å². The van der Waals surface area contributed by atoms with Crippen molar-refractivity contribution in [2.45, 2.75) is 46.4 Å². The van der Waals surface area contributed by atoms with Crippen molar-refractivity contribution in [3.05, 3.63) is 51.7 Å². The van der Waals surface area contributed by atoms with E-state index < -0.39 is 0 Å². The Hall–Kier alpha value is -1.32. The lowest BCUT2D eigenvalue weighted by Gasteiger charge is -2.22. The van der Waals surface area contributed by atoms with Crippen molar-refractivity contribution in [2.24, 2.45) is 0 Å². The molecule has 108 valence electrons. The molecule has 0 aliphatic heterocycles. The fraction of sp³-hybridized carbons (Fsp3) is 0.412. The van der Waals surface area contributed by atoms with Crippen molar-refractivity contribution >= 4 is 11.3 Å². The highest BCUT2D eigenvalue weighted by atomic mass is 32.1. The summed E-state index contributed by atoms with van der Waals surface area (Å²) < 4.78 is 5.97. The molecule has 0 unspecified atom stereocenters. The standard InChI is InChI=1S/C17H23NOS/c1-13-5-6-16(19-11-14-7-8-20-12-14)15(9-13)10-18-17(2,3)4/h5-9,12,18H,10-11H2,1-4H3. The molecule has 0 spiro atoms. The van der Waals surface area contributed by atoms with Gasteiger partial charge in [0.05, 0.1) is 0 Å². The van der Waals surface area contributed by atoms with E-state index in [0.717, 1.165) is 12.3 Å². The summed E-state index contributed by atoms with van der Waals surface area (Å²) in [5, 5.41) is 7.73. The molecule has 0 saturated heterocycles. The molecular formula is C17H23NOS. The largest absolute Gasteiger partial charge is 0.489 e. The maximum absolute atomic E-state index is 5.97. The molecule has 0 radical (unpaired) electrons. The molecule has 1 N–H and O–H groups in total. The van der Waals surface area contributed by atoms with Gasteiger partial charge in [-0.25, -0.2) is 0 Å². The quantitative estimate of drug-likeness (QED) is 0.873. The predicted octanol–water partition coefficient (Wildman–Crippen LogP) is 4.52. The van der Waals surface area contributed by atoms with Crippen LogP contribution in [0.5, 0.6) is 5.75 Å². The first-order valence-electron chi connectivity index (χ1n) is 6.92. The van der Waals surface area contributed by atoms with Crippen LogP contribution in [0.2, 0.25) is 0 Å². The molecule has 0 aliphatic rings. The second-order valence-corrected chi connectivity index (χ2v) is 6.92. The van der Waals surface area contributed by atoms with Gasteiger partial charge in [0.1, 0.15) is 12.4 Å². The van der Waals surface area contributed by atoms with Crippen LogP contribution in [0.4, 0.5) is 0 Å². The number of ether oxygens (including phenoxy) is 1. The summed E-state index contributed by atoms with van der Waals surface area (Å²) in [6.45, 7) is 10.1. The fourth-order valence-corrected chi connectivity index (χ4v) is 2.54. The lowest BCUT2D eigenvalue weighted by Crippen LogP contribution is -2.35. The van der Waals surface area contributed by atoms with Crippen molar-refractivity contribution < 1.29 is 4.74 Å². The number of hydrogen-bond acceptors (Lipinski definition) is 3. The first-order chi connectivity index (χ1) is 9.44. The summed E-state index contributed by atoms with van der Waals surface area (Å²) in [5.74, 6) is 0.971. The summed E-state index contributed by atoms with van der Waals surface area (Å²) >= 11 is 1.70. The molecule has 1 aromatic heterocycles. The highest BCUT2D eigenvalue weighted by Gasteiger charge is 2.11. The first kappa shape index (κ1) is 15.1. The second-order valence-electron chi connectivity index (χ2n) is 6.14. The Morgan fingerprint density at radius 2 is 2.00 bits per heavy atom. The van der Waals surface area contributed by atoms with Crippen molar-refractivity contribution in [3.8, 4) is 5.75 Å². The van der Waals surface area contributed by atoms with Crippen molar-refractivity contribution in [1.82, 2.24) is 5.32 Å². The topological polar surface area (TPSA) is 21.3 Å². The predicted molar refractivity (Wildman–Crippen MR) is 86.4 cm³/mol. The lowest BCUT2D eigenvalue weighted by molar-refractivity contribution is 0.300. The van der Waals surface area contributed by atoms with E-state index in [1.165, 1.54) is 16.7 Å². The van der Waals surface area contributed by atoms with E-state index in [4.69, 9.17) is 4.74 Å². The zero-order chi connectivity index (χ0) is 14.6. The minimum atomic E-state index is 0.106. The van der Waals surface area contributed by atoms with Crippen LogP contribution < -0.4 is 10.1 Å². The van der Waals surface area contributed by atoms with Gasteiger partial charge in [0.25, 0.3) is 0 Å². The van der Waals surface area contributed by atoms with Crippen LogP contribution >= 0.6 is 11.3 Å². The first-order valence-corrected chi connectivity index (χ1v) is 7.87. The van der Waals surface area contributed by atoms with Gasteiger partial charge < -0.3 is 10.1 Å². The van der Waals surface area contributed by atoms with Crippen LogP contribution in [0.15, 0.2) is 35.0 Å². The molecule has 20 heavy (non-hydrogen) atoms. The van der Waals surface area contributed by atoms with Crippen LogP contribution in [-0.4, -0.2) is 5.54 Å². The van der Waals surface area contributed by atoms with Gasteiger partial charge in [0.15, 0.2) is 0 Å². The molecule has 2 nitrogen and oxygen atoms in total. The Kier molecular flexibility index (Phi) is 4.84. The Balaban J connectivity index is 2.07. The van der Waals surface area contributed by atoms with E-state index >= 15 is 0 Å². The third-order valence-corrected chi connectivity index (χ3v) is 3.73.